The number of hydrogen-bond donors (Lipinski definition) is 0. The van der Waals surface area contributed by atoms with Crippen molar-refractivity contribution in [1.82, 2.24) is 4.57 Å². The summed E-state index contributed by atoms with van der Waals surface area (Å²) in [5.41, 5.74) is 6.52. The van der Waals surface area contributed by atoms with Crippen LogP contribution in [-0.4, -0.2) is 21.5 Å². The Kier molecular flexibility index (Phi) is 8.01. The molecule has 7 heteroatoms. The van der Waals surface area contributed by atoms with Crippen molar-refractivity contribution in [1.29, 1.82) is 0 Å². The van der Waals surface area contributed by atoms with Gasteiger partial charge in [0.1, 0.15) is 5.57 Å². The van der Waals surface area contributed by atoms with Crippen LogP contribution in [0.25, 0.3) is 34.3 Å². The summed E-state index contributed by atoms with van der Waals surface area (Å²) in [5.74, 6) is -0.963. The van der Waals surface area contributed by atoms with Gasteiger partial charge in [0.2, 0.25) is 0 Å². The lowest BCUT2D eigenvalue weighted by atomic mass is 10.0. The zero-order valence-electron chi connectivity index (χ0n) is 24.5. The Balaban J connectivity index is 1.50. The summed E-state index contributed by atoms with van der Waals surface area (Å²) in [5, 5.41) is 0.102. The topological polar surface area (TPSA) is 45.6 Å². The van der Waals surface area contributed by atoms with Gasteiger partial charge in [-0.1, -0.05) is 113 Å². The van der Waals surface area contributed by atoms with Crippen LogP contribution in [-0.2, 0) is 9.59 Å². The van der Waals surface area contributed by atoms with E-state index in [1.165, 1.54) is 9.80 Å². The van der Waals surface area contributed by atoms with E-state index in [9.17, 15) is 9.59 Å². The standard InChI is InChI=1S/C39H26BrN3O2S/c40-30-21-23-33(24-22-30)41-35(27-13-5-1-6-14-27)26-29(36(41)28-15-7-2-8-16-28)25-34-37(44)42(31-17-9-3-10-18-31)39(46)43(38(34)45)32-19-11-4-12-20-32/h1-26H. The number of nitrogens with zero attached hydrogens (tertiary/aromatic N) is 3. The van der Waals surface area contributed by atoms with E-state index in [0.29, 0.717) is 11.4 Å². The molecule has 222 valence electrons. The molecule has 0 saturated carbocycles. The lowest BCUT2D eigenvalue weighted by Crippen LogP contribution is -2.56. The molecule has 1 fully saturated rings. The third kappa shape index (κ3) is 5.40. The molecule has 1 aromatic heterocycles. The van der Waals surface area contributed by atoms with Crippen molar-refractivity contribution in [2.24, 2.45) is 0 Å². The molecule has 0 bridgehead atoms. The van der Waals surface area contributed by atoms with E-state index < -0.39 is 11.8 Å². The van der Waals surface area contributed by atoms with Gasteiger partial charge in [-0.25, -0.2) is 0 Å². The van der Waals surface area contributed by atoms with E-state index >= 15 is 0 Å². The summed E-state index contributed by atoms with van der Waals surface area (Å²) in [4.78, 5) is 31.6. The Morgan fingerprint density at radius 2 is 1.00 bits per heavy atom. The van der Waals surface area contributed by atoms with Gasteiger partial charge in [-0.2, -0.15) is 0 Å². The molecule has 7 rings (SSSR count). The number of hydrogen-bond acceptors (Lipinski definition) is 3. The van der Waals surface area contributed by atoms with Crippen LogP contribution in [0.4, 0.5) is 11.4 Å². The van der Waals surface area contributed by atoms with Crippen LogP contribution in [0, 0.1) is 0 Å². The van der Waals surface area contributed by atoms with Crippen molar-refractivity contribution in [3.05, 3.63) is 167 Å². The second-order valence-electron chi connectivity index (χ2n) is 10.7. The summed E-state index contributed by atoms with van der Waals surface area (Å²) in [6.07, 6.45) is 1.71. The fraction of sp³-hybridized carbons (Fsp3) is 0. The van der Waals surface area contributed by atoms with Gasteiger partial charge >= 0.3 is 0 Å². The van der Waals surface area contributed by atoms with Crippen molar-refractivity contribution in [3.63, 3.8) is 0 Å². The molecule has 6 aromatic rings. The molecular formula is C39H26BrN3O2S. The van der Waals surface area contributed by atoms with Crippen molar-refractivity contribution < 1.29 is 9.59 Å². The van der Waals surface area contributed by atoms with Crippen LogP contribution < -0.4 is 9.80 Å². The van der Waals surface area contributed by atoms with Crippen LogP contribution in [0.1, 0.15) is 5.56 Å². The SMILES string of the molecule is O=C1C(=Cc2cc(-c3ccccc3)n(-c3ccc(Br)cc3)c2-c2ccccc2)C(=O)N(c2ccccc2)C(=S)N1c1ccccc1. The molecule has 1 saturated heterocycles. The molecule has 1 aliphatic rings. The Morgan fingerprint density at radius 3 is 1.50 bits per heavy atom. The number of aromatic nitrogens is 1. The first kappa shape index (κ1) is 29.3. The Hall–Kier alpha value is -5.37. The minimum atomic E-state index is -0.481. The minimum absolute atomic E-state index is 0.00561. The number of carbonyl (C=O) groups is 2. The van der Waals surface area contributed by atoms with E-state index in [1.54, 1.807) is 6.08 Å². The highest BCUT2D eigenvalue weighted by atomic mass is 79.9. The Labute approximate surface area is 280 Å². The molecule has 0 atom stereocenters. The highest BCUT2D eigenvalue weighted by Gasteiger charge is 2.41. The molecule has 1 aliphatic heterocycles. The lowest BCUT2D eigenvalue weighted by molar-refractivity contribution is -0.120. The molecule has 2 heterocycles. The third-order valence-electron chi connectivity index (χ3n) is 7.81. The minimum Gasteiger partial charge on any atom is -0.309 e. The fourth-order valence-corrected chi connectivity index (χ4v) is 6.35. The fourth-order valence-electron chi connectivity index (χ4n) is 5.71. The second-order valence-corrected chi connectivity index (χ2v) is 12.0. The van der Waals surface area contributed by atoms with Crippen LogP contribution in [0.5, 0.6) is 0 Å². The first-order chi connectivity index (χ1) is 22.5. The van der Waals surface area contributed by atoms with Gasteiger partial charge < -0.3 is 4.57 Å². The molecule has 5 nitrogen and oxygen atoms in total. The maximum Gasteiger partial charge on any atom is 0.270 e. The zero-order chi connectivity index (χ0) is 31.6. The van der Waals surface area contributed by atoms with Crippen LogP contribution in [0.3, 0.4) is 0 Å². The van der Waals surface area contributed by atoms with Gasteiger partial charge in [0.25, 0.3) is 11.8 Å². The third-order valence-corrected chi connectivity index (χ3v) is 8.70. The molecule has 0 aliphatic carbocycles. The second kappa shape index (κ2) is 12.6. The number of halogens is 1. The number of anilines is 2. The lowest BCUT2D eigenvalue weighted by Gasteiger charge is -2.36. The largest absolute Gasteiger partial charge is 0.309 e. The highest BCUT2D eigenvalue weighted by Crippen LogP contribution is 2.39. The normalized spacial score (nSPS) is 13.3. The van der Waals surface area contributed by atoms with Gasteiger partial charge in [-0.05, 0) is 84.0 Å². The van der Waals surface area contributed by atoms with Gasteiger partial charge in [0, 0.05) is 15.7 Å². The first-order valence-corrected chi connectivity index (χ1v) is 15.9. The van der Waals surface area contributed by atoms with Gasteiger partial charge in [-0.15, -0.1) is 0 Å². The molecule has 46 heavy (non-hydrogen) atoms. The summed E-state index contributed by atoms with van der Waals surface area (Å²) in [7, 11) is 0. The Bertz CT molecular complexity index is 2030. The summed E-state index contributed by atoms with van der Waals surface area (Å²) in [6, 6.07) is 48.6. The van der Waals surface area contributed by atoms with Crippen LogP contribution >= 0.6 is 28.1 Å². The molecule has 2 amide bonds. The number of para-hydroxylation sites is 2. The molecular weight excluding hydrogens is 654 g/mol. The number of rotatable bonds is 6. The smallest absolute Gasteiger partial charge is 0.270 e. The van der Waals surface area contributed by atoms with Crippen molar-refractivity contribution in [3.8, 4) is 28.2 Å². The monoisotopic (exact) mass is 679 g/mol. The van der Waals surface area contributed by atoms with E-state index in [0.717, 1.165) is 38.2 Å². The first-order valence-electron chi connectivity index (χ1n) is 14.7. The number of carbonyl (C=O) groups excluding carboxylic acids is 2. The van der Waals surface area contributed by atoms with Crippen molar-refractivity contribution in [2.75, 3.05) is 9.80 Å². The molecule has 0 N–H and O–H groups in total. The summed E-state index contributed by atoms with van der Waals surface area (Å²) < 4.78 is 3.14. The Morgan fingerprint density at radius 1 is 0.543 bits per heavy atom. The maximum absolute atomic E-state index is 14.4. The number of thiocarbonyl (C=S) groups is 1. The van der Waals surface area contributed by atoms with Crippen LogP contribution in [0.2, 0.25) is 0 Å². The highest BCUT2D eigenvalue weighted by molar-refractivity contribution is 9.10. The molecule has 0 unspecified atom stereocenters. The van der Waals surface area contributed by atoms with Crippen molar-refractivity contribution in [2.45, 2.75) is 0 Å². The zero-order valence-corrected chi connectivity index (χ0v) is 26.9. The van der Waals surface area contributed by atoms with Gasteiger partial charge in [0.15, 0.2) is 5.11 Å². The predicted octanol–water partition coefficient (Wildman–Crippen LogP) is 9.32. The maximum atomic E-state index is 14.4. The van der Waals surface area contributed by atoms with E-state index in [1.807, 2.05) is 140 Å². The number of benzene rings is 5. The van der Waals surface area contributed by atoms with Gasteiger partial charge in [-0.3, -0.25) is 19.4 Å². The summed E-state index contributed by atoms with van der Waals surface area (Å²) >= 11 is 9.39. The quantitative estimate of drug-likeness (QED) is 0.100. The molecule has 0 spiro atoms. The average molecular weight is 681 g/mol. The van der Waals surface area contributed by atoms with E-state index in [-0.39, 0.29) is 10.7 Å². The average Bonchev–Trinajstić information content (AvgIpc) is 3.48. The van der Waals surface area contributed by atoms with E-state index in [4.69, 9.17) is 12.2 Å². The molecule has 5 aromatic carbocycles. The van der Waals surface area contributed by atoms with Gasteiger partial charge in [0.05, 0.1) is 22.8 Å². The number of amides is 2. The van der Waals surface area contributed by atoms with Crippen molar-refractivity contribution >= 4 is 62.5 Å². The van der Waals surface area contributed by atoms with Crippen LogP contribution in [0.15, 0.2) is 162 Å². The molecule has 0 radical (unpaired) electrons. The summed E-state index contributed by atoms with van der Waals surface area (Å²) in [6.45, 7) is 0. The van der Waals surface area contributed by atoms with E-state index in [2.05, 4.69) is 32.6 Å². The predicted molar refractivity (Wildman–Crippen MR) is 193 cm³/mol.